The second-order valence-corrected chi connectivity index (χ2v) is 7.61. The molecule has 146 valence electrons. The van der Waals surface area contributed by atoms with Crippen LogP contribution in [0.25, 0.3) is 5.69 Å². The molecule has 0 aliphatic heterocycles. The van der Waals surface area contributed by atoms with E-state index in [1.54, 1.807) is 9.36 Å². The largest absolute Gasteiger partial charge is 0.466 e. The standard InChI is InChI=1S/C22H25N3O3/c1-14-13-18(14)19-11-9-17(28-19)10-12-20(26)23-21-15(2)24(3)25(22(21)27)16-7-5-4-6-8-16/h4-9,11,14,18H,10,12-13H2,1-3H3,(H,23,26)/t14-,18+/m0/s1. The molecule has 1 N–H and O–H groups in total. The summed E-state index contributed by atoms with van der Waals surface area (Å²) in [5.41, 5.74) is 1.56. The maximum absolute atomic E-state index is 12.8. The first-order valence-corrected chi connectivity index (χ1v) is 9.68. The molecule has 1 aliphatic carbocycles. The van der Waals surface area contributed by atoms with Crippen molar-refractivity contribution in [2.45, 2.75) is 39.0 Å². The van der Waals surface area contributed by atoms with Gasteiger partial charge in [-0.25, -0.2) is 4.68 Å². The van der Waals surface area contributed by atoms with Gasteiger partial charge in [0, 0.05) is 25.8 Å². The molecule has 2 atom stereocenters. The highest BCUT2D eigenvalue weighted by Crippen LogP contribution is 2.47. The lowest BCUT2D eigenvalue weighted by Crippen LogP contribution is -2.23. The van der Waals surface area contributed by atoms with Gasteiger partial charge in [-0.05, 0) is 43.5 Å². The fraction of sp³-hybridized carbons (Fsp3) is 0.364. The Kier molecular flexibility index (Phi) is 4.71. The molecule has 2 heterocycles. The molecule has 0 bridgehead atoms. The van der Waals surface area contributed by atoms with Crippen LogP contribution in [0.4, 0.5) is 5.69 Å². The Hall–Kier alpha value is -3.02. The van der Waals surface area contributed by atoms with E-state index in [1.807, 2.05) is 56.4 Å². The van der Waals surface area contributed by atoms with E-state index in [1.165, 1.54) is 6.42 Å². The summed E-state index contributed by atoms with van der Waals surface area (Å²) in [7, 11) is 1.81. The van der Waals surface area contributed by atoms with E-state index >= 15 is 0 Å². The summed E-state index contributed by atoms with van der Waals surface area (Å²) in [6.45, 7) is 4.04. The Balaban J connectivity index is 1.45. The van der Waals surface area contributed by atoms with E-state index < -0.39 is 0 Å². The fourth-order valence-corrected chi connectivity index (χ4v) is 3.60. The second kappa shape index (κ2) is 7.19. The van der Waals surface area contributed by atoms with Gasteiger partial charge in [0.2, 0.25) is 5.91 Å². The maximum atomic E-state index is 12.8. The highest BCUT2D eigenvalue weighted by molar-refractivity contribution is 5.91. The minimum atomic E-state index is -0.234. The monoisotopic (exact) mass is 379 g/mol. The van der Waals surface area contributed by atoms with Gasteiger partial charge in [0.15, 0.2) is 0 Å². The molecule has 6 heteroatoms. The van der Waals surface area contributed by atoms with Gasteiger partial charge in [0.25, 0.3) is 5.56 Å². The van der Waals surface area contributed by atoms with Gasteiger partial charge < -0.3 is 9.73 Å². The molecule has 1 aliphatic rings. The first-order chi connectivity index (χ1) is 13.5. The number of nitrogens with zero attached hydrogens (tertiary/aromatic N) is 2. The van der Waals surface area contributed by atoms with Crippen LogP contribution in [0.2, 0.25) is 0 Å². The van der Waals surface area contributed by atoms with Crippen LogP contribution in [-0.2, 0) is 18.3 Å². The number of rotatable bonds is 6. The van der Waals surface area contributed by atoms with Crippen molar-refractivity contribution in [2.24, 2.45) is 13.0 Å². The molecule has 4 rings (SSSR count). The predicted molar refractivity (Wildman–Crippen MR) is 108 cm³/mol. The topological polar surface area (TPSA) is 69.2 Å². The summed E-state index contributed by atoms with van der Waals surface area (Å²) in [4.78, 5) is 25.3. The van der Waals surface area contributed by atoms with Crippen LogP contribution < -0.4 is 10.9 Å². The molecule has 1 aromatic carbocycles. The van der Waals surface area contributed by atoms with E-state index in [-0.39, 0.29) is 17.9 Å². The van der Waals surface area contributed by atoms with Crippen molar-refractivity contribution >= 4 is 11.6 Å². The van der Waals surface area contributed by atoms with Gasteiger partial charge in [-0.1, -0.05) is 25.1 Å². The zero-order valence-electron chi connectivity index (χ0n) is 16.4. The van der Waals surface area contributed by atoms with E-state index in [0.29, 0.717) is 29.6 Å². The molecule has 1 saturated carbocycles. The van der Waals surface area contributed by atoms with Gasteiger partial charge in [-0.2, -0.15) is 0 Å². The SMILES string of the molecule is Cc1c(NC(=O)CCc2ccc([C@@H]3C[C@@H]3C)o2)c(=O)n(-c2ccccc2)n1C. The number of para-hydroxylation sites is 1. The van der Waals surface area contributed by atoms with Gasteiger partial charge in [0.1, 0.15) is 17.2 Å². The summed E-state index contributed by atoms with van der Waals surface area (Å²) in [6.07, 6.45) is 1.96. The number of benzene rings is 1. The minimum absolute atomic E-state index is 0.191. The van der Waals surface area contributed by atoms with Crippen LogP contribution >= 0.6 is 0 Å². The third-order valence-corrected chi connectivity index (χ3v) is 5.57. The normalized spacial score (nSPS) is 18.2. The summed E-state index contributed by atoms with van der Waals surface area (Å²) in [6, 6.07) is 13.3. The van der Waals surface area contributed by atoms with E-state index in [0.717, 1.165) is 17.2 Å². The van der Waals surface area contributed by atoms with Gasteiger partial charge >= 0.3 is 0 Å². The molecule has 6 nitrogen and oxygen atoms in total. The molecule has 0 saturated heterocycles. The zero-order chi connectivity index (χ0) is 19.8. The van der Waals surface area contributed by atoms with Crippen molar-refractivity contribution in [3.63, 3.8) is 0 Å². The Bertz CT molecular complexity index is 1060. The average molecular weight is 379 g/mol. The first-order valence-electron chi connectivity index (χ1n) is 9.68. The highest BCUT2D eigenvalue weighted by Gasteiger charge is 2.36. The van der Waals surface area contributed by atoms with E-state index in [2.05, 4.69) is 12.2 Å². The van der Waals surface area contributed by atoms with E-state index in [9.17, 15) is 9.59 Å². The molecule has 28 heavy (non-hydrogen) atoms. The Morgan fingerprint density at radius 2 is 1.93 bits per heavy atom. The molecular formula is C22H25N3O3. The summed E-state index contributed by atoms with van der Waals surface area (Å²) in [5, 5.41) is 2.79. The number of carbonyl (C=O) groups excluding carboxylic acids is 1. The van der Waals surface area contributed by atoms with Gasteiger partial charge in [-0.15, -0.1) is 0 Å². The van der Waals surface area contributed by atoms with Crippen molar-refractivity contribution < 1.29 is 9.21 Å². The maximum Gasteiger partial charge on any atom is 0.295 e. The number of aromatic nitrogens is 2. The van der Waals surface area contributed by atoms with Crippen molar-refractivity contribution in [1.29, 1.82) is 0 Å². The smallest absolute Gasteiger partial charge is 0.295 e. The van der Waals surface area contributed by atoms with Crippen LogP contribution in [0, 0.1) is 12.8 Å². The minimum Gasteiger partial charge on any atom is -0.466 e. The number of anilines is 1. The highest BCUT2D eigenvalue weighted by atomic mass is 16.3. The van der Waals surface area contributed by atoms with Crippen molar-refractivity contribution in [1.82, 2.24) is 9.36 Å². The number of furan rings is 1. The lowest BCUT2D eigenvalue weighted by molar-refractivity contribution is -0.116. The van der Waals surface area contributed by atoms with Crippen molar-refractivity contribution in [3.8, 4) is 5.69 Å². The van der Waals surface area contributed by atoms with Crippen LogP contribution in [0.5, 0.6) is 0 Å². The quantitative estimate of drug-likeness (QED) is 0.709. The predicted octanol–water partition coefficient (Wildman–Crippen LogP) is 3.77. The molecule has 1 amide bonds. The number of hydrogen-bond acceptors (Lipinski definition) is 3. The summed E-state index contributed by atoms with van der Waals surface area (Å²) >= 11 is 0. The second-order valence-electron chi connectivity index (χ2n) is 7.61. The zero-order valence-corrected chi connectivity index (χ0v) is 16.4. The summed E-state index contributed by atoms with van der Waals surface area (Å²) in [5.74, 6) is 2.87. The molecule has 3 aromatic rings. The molecule has 0 spiro atoms. The average Bonchev–Trinajstić information content (AvgIpc) is 3.16. The fourth-order valence-electron chi connectivity index (χ4n) is 3.60. The third-order valence-electron chi connectivity index (χ3n) is 5.57. The van der Waals surface area contributed by atoms with Crippen LogP contribution in [0.15, 0.2) is 51.7 Å². The molecule has 0 radical (unpaired) electrons. The lowest BCUT2D eigenvalue weighted by Gasteiger charge is -2.07. The third kappa shape index (κ3) is 3.42. The number of nitrogens with one attached hydrogen (secondary N) is 1. The molecule has 2 aromatic heterocycles. The Morgan fingerprint density at radius 3 is 2.61 bits per heavy atom. The Morgan fingerprint density at radius 1 is 1.21 bits per heavy atom. The van der Waals surface area contributed by atoms with Crippen LogP contribution in [0.3, 0.4) is 0 Å². The molecule has 1 fully saturated rings. The number of carbonyl (C=O) groups is 1. The van der Waals surface area contributed by atoms with Gasteiger partial charge in [0.05, 0.1) is 11.4 Å². The molecule has 0 unspecified atom stereocenters. The number of aryl methyl sites for hydroxylation is 1. The van der Waals surface area contributed by atoms with E-state index in [4.69, 9.17) is 4.42 Å². The molecular weight excluding hydrogens is 354 g/mol. The summed E-state index contributed by atoms with van der Waals surface area (Å²) < 4.78 is 9.17. The number of hydrogen-bond donors (Lipinski definition) is 1. The lowest BCUT2D eigenvalue weighted by atomic mass is 10.2. The number of amides is 1. The van der Waals surface area contributed by atoms with Crippen LogP contribution in [0.1, 0.15) is 42.9 Å². The first kappa shape index (κ1) is 18.3. The van der Waals surface area contributed by atoms with Crippen molar-refractivity contribution in [3.05, 3.63) is 70.0 Å². The van der Waals surface area contributed by atoms with Crippen LogP contribution in [-0.4, -0.2) is 15.3 Å². The van der Waals surface area contributed by atoms with Gasteiger partial charge in [-0.3, -0.25) is 14.3 Å². The van der Waals surface area contributed by atoms with Crippen molar-refractivity contribution in [2.75, 3.05) is 5.32 Å². The Labute approximate surface area is 163 Å².